The Kier molecular flexibility index (Phi) is 6.38. The fourth-order valence-corrected chi connectivity index (χ4v) is 5.55. The van der Waals surface area contributed by atoms with Gasteiger partial charge in [-0.25, -0.2) is 9.67 Å². The van der Waals surface area contributed by atoms with Crippen LogP contribution in [0.5, 0.6) is 0 Å². The number of fused-ring (bicyclic) bond motifs is 1. The first-order valence-electron chi connectivity index (χ1n) is 11.9. The van der Waals surface area contributed by atoms with Crippen molar-refractivity contribution < 1.29 is 4.79 Å². The number of amides is 1. The van der Waals surface area contributed by atoms with Crippen LogP contribution in [0.2, 0.25) is 0 Å². The number of hydrogen-bond acceptors (Lipinski definition) is 4. The fourth-order valence-electron chi connectivity index (χ4n) is 4.59. The number of hydrogen-bond donors (Lipinski definition) is 1. The van der Waals surface area contributed by atoms with Crippen LogP contribution in [0.4, 0.5) is 5.69 Å². The number of carbonyl (C=O) groups is 1. The summed E-state index contributed by atoms with van der Waals surface area (Å²) < 4.78 is 5.53. The van der Waals surface area contributed by atoms with Gasteiger partial charge in [-0.2, -0.15) is 0 Å². The van der Waals surface area contributed by atoms with Crippen molar-refractivity contribution in [2.45, 2.75) is 49.9 Å². The number of aryl methyl sites for hydroxylation is 1. The van der Waals surface area contributed by atoms with Gasteiger partial charge in [0.25, 0.3) is 5.56 Å². The summed E-state index contributed by atoms with van der Waals surface area (Å²) in [6.45, 7) is 3.70. The number of para-hydroxylation sites is 2. The molecule has 1 amide bonds. The quantitative estimate of drug-likeness (QED) is 0.401. The summed E-state index contributed by atoms with van der Waals surface area (Å²) in [4.78, 5) is 31.4. The van der Waals surface area contributed by atoms with E-state index in [-0.39, 0.29) is 11.5 Å². The molecule has 1 N–H and O–H groups in total. The molecule has 0 bridgehead atoms. The zero-order chi connectivity index (χ0) is 24.5. The molecule has 1 aliphatic rings. The van der Waals surface area contributed by atoms with Crippen LogP contribution in [-0.4, -0.2) is 30.1 Å². The molecule has 5 rings (SSSR count). The Morgan fingerprint density at radius 3 is 2.31 bits per heavy atom. The molecule has 2 aromatic carbocycles. The summed E-state index contributed by atoms with van der Waals surface area (Å²) >= 11 is 1.43. The third-order valence-electron chi connectivity index (χ3n) is 6.57. The third kappa shape index (κ3) is 4.34. The van der Waals surface area contributed by atoms with E-state index in [0.29, 0.717) is 11.4 Å². The van der Waals surface area contributed by atoms with Gasteiger partial charge in [-0.3, -0.25) is 18.8 Å². The van der Waals surface area contributed by atoms with Crippen molar-refractivity contribution in [3.8, 4) is 11.4 Å². The van der Waals surface area contributed by atoms with Crippen molar-refractivity contribution in [2.24, 2.45) is 7.05 Å². The minimum Gasteiger partial charge on any atom is -0.319 e. The van der Waals surface area contributed by atoms with Gasteiger partial charge in [0.15, 0.2) is 5.16 Å². The summed E-state index contributed by atoms with van der Waals surface area (Å²) in [6.07, 6.45) is 4.23. The largest absolute Gasteiger partial charge is 0.319 e. The van der Waals surface area contributed by atoms with Crippen molar-refractivity contribution in [3.63, 3.8) is 0 Å². The van der Waals surface area contributed by atoms with Crippen molar-refractivity contribution in [2.75, 3.05) is 5.32 Å². The molecule has 7 nitrogen and oxygen atoms in total. The number of benzene rings is 2. The zero-order valence-corrected chi connectivity index (χ0v) is 21.0. The highest BCUT2D eigenvalue weighted by Crippen LogP contribution is 2.32. The number of anilines is 1. The summed E-state index contributed by atoms with van der Waals surface area (Å²) in [6, 6.07) is 19.6. The minimum atomic E-state index is -0.439. The Labute approximate surface area is 208 Å². The molecule has 4 aromatic rings. The molecule has 0 aliphatic heterocycles. The van der Waals surface area contributed by atoms with Gasteiger partial charge in [-0.05, 0) is 63.8 Å². The van der Waals surface area contributed by atoms with Crippen LogP contribution in [-0.2, 0) is 24.7 Å². The van der Waals surface area contributed by atoms with Crippen molar-refractivity contribution in [3.05, 3.63) is 88.1 Å². The number of aromatic nitrogens is 4. The topological polar surface area (TPSA) is 73.8 Å². The average molecular weight is 488 g/mol. The molecule has 0 radical (unpaired) electrons. The van der Waals surface area contributed by atoms with E-state index in [4.69, 9.17) is 4.98 Å². The van der Waals surface area contributed by atoms with Crippen molar-refractivity contribution in [1.29, 1.82) is 0 Å². The van der Waals surface area contributed by atoms with Crippen molar-refractivity contribution >= 4 is 23.4 Å². The van der Waals surface area contributed by atoms with Crippen LogP contribution < -0.4 is 10.9 Å². The molecule has 1 unspecified atom stereocenters. The predicted molar refractivity (Wildman–Crippen MR) is 140 cm³/mol. The standard InChI is InChI=1S/C27H29N5O2S/c1-18-24(26(34)32(30(18)3)21-14-8-5-9-15-21)29-25(33)19(2)35-27-28-22-16-10-11-17-23(22)31(27)20-12-6-4-7-13-20/h4-9,12-15,19H,10-11,16-17H2,1-3H3,(H,29,33). The van der Waals surface area contributed by atoms with Crippen LogP contribution in [0.25, 0.3) is 11.4 Å². The fraction of sp³-hybridized carbons (Fsp3) is 0.296. The van der Waals surface area contributed by atoms with E-state index in [9.17, 15) is 9.59 Å². The van der Waals surface area contributed by atoms with Crippen LogP contribution >= 0.6 is 11.8 Å². The molecule has 1 atom stereocenters. The van der Waals surface area contributed by atoms with Gasteiger partial charge in [0, 0.05) is 18.4 Å². The molecule has 0 saturated carbocycles. The predicted octanol–water partition coefficient (Wildman–Crippen LogP) is 4.67. The zero-order valence-electron chi connectivity index (χ0n) is 20.2. The third-order valence-corrected chi connectivity index (χ3v) is 7.62. The number of nitrogens with one attached hydrogen (secondary N) is 1. The van der Waals surface area contributed by atoms with Crippen LogP contribution in [0.15, 0.2) is 70.6 Å². The monoisotopic (exact) mass is 487 g/mol. The van der Waals surface area contributed by atoms with E-state index in [0.717, 1.165) is 47.9 Å². The van der Waals surface area contributed by atoms with Crippen molar-refractivity contribution in [1.82, 2.24) is 18.9 Å². The highest BCUT2D eigenvalue weighted by molar-refractivity contribution is 8.00. The van der Waals surface area contributed by atoms with E-state index in [1.54, 1.807) is 9.36 Å². The number of nitrogens with zero attached hydrogens (tertiary/aromatic N) is 4. The second-order valence-electron chi connectivity index (χ2n) is 8.85. The lowest BCUT2D eigenvalue weighted by Crippen LogP contribution is -2.27. The van der Waals surface area contributed by atoms with Gasteiger partial charge < -0.3 is 5.32 Å². The molecular weight excluding hydrogens is 458 g/mol. The van der Waals surface area contributed by atoms with Crippen LogP contribution in [0.1, 0.15) is 36.8 Å². The van der Waals surface area contributed by atoms with Crippen LogP contribution in [0.3, 0.4) is 0 Å². The molecule has 0 spiro atoms. The Hall–Kier alpha value is -3.52. The molecular formula is C27H29N5O2S. The first-order valence-corrected chi connectivity index (χ1v) is 12.8. The van der Waals surface area contributed by atoms with E-state index in [1.165, 1.54) is 17.5 Å². The maximum atomic E-state index is 13.2. The maximum absolute atomic E-state index is 13.2. The van der Waals surface area contributed by atoms with Gasteiger partial charge in [0.2, 0.25) is 5.91 Å². The Balaban J connectivity index is 1.42. The number of imidazole rings is 1. The van der Waals surface area contributed by atoms with E-state index in [1.807, 2.05) is 69.4 Å². The normalized spacial score (nSPS) is 13.9. The Bertz CT molecular complexity index is 1420. The highest BCUT2D eigenvalue weighted by Gasteiger charge is 2.26. The minimum absolute atomic E-state index is 0.221. The molecule has 180 valence electrons. The summed E-state index contributed by atoms with van der Waals surface area (Å²) in [5, 5.41) is 3.28. The molecule has 0 saturated heterocycles. The SMILES string of the molecule is Cc1c(NC(=O)C(C)Sc2nc3c(n2-c2ccccc2)CCCC3)c(=O)n(-c2ccccc2)n1C. The van der Waals surface area contributed by atoms with Gasteiger partial charge in [0.1, 0.15) is 5.69 Å². The first-order chi connectivity index (χ1) is 17.0. The Morgan fingerprint density at radius 1 is 1.00 bits per heavy atom. The second kappa shape index (κ2) is 9.62. The average Bonchev–Trinajstić information content (AvgIpc) is 3.34. The van der Waals surface area contributed by atoms with Gasteiger partial charge in [-0.15, -0.1) is 0 Å². The highest BCUT2D eigenvalue weighted by atomic mass is 32.2. The summed E-state index contributed by atoms with van der Waals surface area (Å²) in [5.74, 6) is -0.221. The van der Waals surface area contributed by atoms with Gasteiger partial charge >= 0.3 is 0 Å². The van der Waals surface area contributed by atoms with Gasteiger partial charge in [0.05, 0.1) is 22.3 Å². The maximum Gasteiger partial charge on any atom is 0.295 e. The Morgan fingerprint density at radius 2 is 1.63 bits per heavy atom. The van der Waals surface area contributed by atoms with Crippen LogP contribution in [0, 0.1) is 6.92 Å². The molecule has 1 aliphatic carbocycles. The first kappa shape index (κ1) is 23.2. The lowest BCUT2D eigenvalue weighted by molar-refractivity contribution is -0.115. The van der Waals surface area contributed by atoms with E-state index < -0.39 is 5.25 Å². The lowest BCUT2D eigenvalue weighted by Gasteiger charge is -2.16. The molecule has 2 aromatic heterocycles. The molecule has 2 heterocycles. The number of carbonyl (C=O) groups excluding carboxylic acids is 1. The smallest absolute Gasteiger partial charge is 0.295 e. The van der Waals surface area contributed by atoms with E-state index in [2.05, 4.69) is 22.0 Å². The lowest BCUT2D eigenvalue weighted by atomic mass is 10.0. The number of rotatable bonds is 6. The van der Waals surface area contributed by atoms with Gasteiger partial charge in [-0.1, -0.05) is 48.2 Å². The molecule has 35 heavy (non-hydrogen) atoms. The van der Waals surface area contributed by atoms with E-state index >= 15 is 0 Å². The summed E-state index contributed by atoms with van der Waals surface area (Å²) in [5.41, 5.74) is 4.93. The molecule has 0 fully saturated rings. The second-order valence-corrected chi connectivity index (χ2v) is 10.2. The summed E-state index contributed by atoms with van der Waals surface area (Å²) in [7, 11) is 1.82. The molecule has 8 heteroatoms. The number of thioether (sulfide) groups is 1.